The summed E-state index contributed by atoms with van der Waals surface area (Å²) in [5, 5.41) is 3.99. The predicted octanol–water partition coefficient (Wildman–Crippen LogP) is 1.50. The normalized spacial score (nSPS) is 25.4. The largest absolute Gasteiger partial charge is 0.467 e. The Bertz CT molecular complexity index is 714. The van der Waals surface area contributed by atoms with Crippen molar-refractivity contribution in [3.05, 3.63) is 47.8 Å². The number of methoxy groups -OCH3 is 1. The number of ether oxygens (including phenoxy) is 1. The first-order chi connectivity index (χ1) is 11.5. The molecule has 0 fully saturated rings. The molecule has 2 aliphatic heterocycles. The molecule has 0 radical (unpaired) electrons. The van der Waals surface area contributed by atoms with Crippen LogP contribution < -0.4 is 0 Å². The number of benzene rings is 1. The Morgan fingerprint density at radius 2 is 2.04 bits per heavy atom. The maximum atomic E-state index is 13.0. The molecule has 0 aromatic heterocycles. The van der Waals surface area contributed by atoms with E-state index >= 15 is 0 Å². The topological polar surface area (TPSA) is 68.2 Å². The molecule has 126 valence electrons. The van der Waals surface area contributed by atoms with Crippen LogP contribution in [0.2, 0.25) is 0 Å². The number of carbonyl (C=O) groups is 2. The first-order valence-corrected chi connectivity index (χ1v) is 7.57. The van der Waals surface area contributed by atoms with Crippen LogP contribution in [0, 0.1) is 11.7 Å². The molecule has 0 N–H and O–H groups in total. The Labute approximate surface area is 138 Å². The molecule has 0 aliphatic carbocycles. The van der Waals surface area contributed by atoms with E-state index in [1.807, 2.05) is 6.92 Å². The zero-order chi connectivity index (χ0) is 17.3. The second kappa shape index (κ2) is 6.43. The maximum absolute atomic E-state index is 13.0. The molecule has 3 rings (SSSR count). The van der Waals surface area contributed by atoms with Crippen LogP contribution in [0.15, 0.2) is 41.6 Å². The monoisotopic (exact) mass is 332 g/mol. The first-order valence-electron chi connectivity index (χ1n) is 7.57. The Balaban J connectivity index is 1.74. The Morgan fingerprint density at radius 1 is 1.33 bits per heavy atom. The van der Waals surface area contributed by atoms with Crippen LogP contribution in [0.1, 0.15) is 12.5 Å². The lowest BCUT2D eigenvalue weighted by atomic mass is 9.93. The minimum Gasteiger partial charge on any atom is -0.467 e. The molecule has 2 heterocycles. The molecule has 3 atom stereocenters. The van der Waals surface area contributed by atoms with Crippen molar-refractivity contribution < 1.29 is 23.6 Å². The van der Waals surface area contributed by atoms with Gasteiger partial charge in [0.1, 0.15) is 11.9 Å². The van der Waals surface area contributed by atoms with Crippen LogP contribution in [-0.2, 0) is 19.2 Å². The number of carbonyl (C=O) groups excluding carboxylic acids is 2. The van der Waals surface area contributed by atoms with Gasteiger partial charge in [0.25, 0.3) is 5.91 Å². The van der Waals surface area contributed by atoms with Gasteiger partial charge in [-0.15, -0.1) is 0 Å². The smallest absolute Gasteiger partial charge is 0.332 e. The number of rotatable bonds is 3. The second-order valence-electron chi connectivity index (χ2n) is 5.68. The average Bonchev–Trinajstić information content (AvgIpc) is 3.21. The highest BCUT2D eigenvalue weighted by Gasteiger charge is 2.42. The molecule has 0 saturated heterocycles. The lowest BCUT2D eigenvalue weighted by molar-refractivity contribution is -0.154. The Hall–Kier alpha value is -2.70. The lowest BCUT2D eigenvalue weighted by Crippen LogP contribution is -2.48. The van der Waals surface area contributed by atoms with Gasteiger partial charge in [-0.25, -0.2) is 9.18 Å². The average molecular weight is 332 g/mol. The van der Waals surface area contributed by atoms with E-state index < -0.39 is 18.1 Å². The van der Waals surface area contributed by atoms with Crippen LogP contribution in [0.4, 0.5) is 4.39 Å². The van der Waals surface area contributed by atoms with Gasteiger partial charge in [0.2, 0.25) is 6.10 Å². The lowest BCUT2D eigenvalue weighted by Gasteiger charge is -2.26. The third kappa shape index (κ3) is 2.77. The summed E-state index contributed by atoms with van der Waals surface area (Å²) in [5.41, 5.74) is 1.28. The number of oxime groups is 1. The highest BCUT2D eigenvalue weighted by molar-refractivity contribution is 6.06. The third-order valence-corrected chi connectivity index (χ3v) is 4.22. The minimum atomic E-state index is -0.822. The van der Waals surface area contributed by atoms with Gasteiger partial charge in [-0.3, -0.25) is 4.79 Å². The molecule has 0 unspecified atom stereocenters. The summed E-state index contributed by atoms with van der Waals surface area (Å²) in [7, 11) is 1.28. The molecule has 2 aliphatic rings. The summed E-state index contributed by atoms with van der Waals surface area (Å²) >= 11 is 0. The van der Waals surface area contributed by atoms with Gasteiger partial charge >= 0.3 is 5.97 Å². The van der Waals surface area contributed by atoms with E-state index in [1.54, 1.807) is 24.3 Å². The van der Waals surface area contributed by atoms with Gasteiger partial charge in [-0.2, -0.15) is 0 Å². The Kier molecular flexibility index (Phi) is 4.33. The summed E-state index contributed by atoms with van der Waals surface area (Å²) < 4.78 is 17.8. The summed E-state index contributed by atoms with van der Waals surface area (Å²) in [6.07, 6.45) is 2.54. The molecule has 7 heteroatoms. The summed E-state index contributed by atoms with van der Waals surface area (Å²) in [6, 6.07) is 5.10. The van der Waals surface area contributed by atoms with Crippen LogP contribution in [0.5, 0.6) is 0 Å². The number of amides is 1. The quantitative estimate of drug-likeness (QED) is 0.621. The molecular formula is C17H17FN2O4. The zero-order valence-corrected chi connectivity index (χ0v) is 13.3. The van der Waals surface area contributed by atoms with E-state index in [9.17, 15) is 14.0 Å². The highest BCUT2D eigenvalue weighted by Crippen LogP contribution is 2.26. The SMILES string of the molecule is COC(=O)[C@@H]1C=CCN1C(=O)[C@H]1ON=C(c2ccc(F)cc2)[C@@H]1C. The van der Waals surface area contributed by atoms with Crippen molar-refractivity contribution in [2.45, 2.75) is 19.1 Å². The van der Waals surface area contributed by atoms with E-state index in [0.29, 0.717) is 17.8 Å². The van der Waals surface area contributed by atoms with Gasteiger partial charge in [-0.05, 0) is 17.7 Å². The number of nitrogens with zero attached hydrogens (tertiary/aromatic N) is 2. The first kappa shape index (κ1) is 16.2. The number of hydrogen-bond donors (Lipinski definition) is 0. The molecule has 0 bridgehead atoms. The van der Waals surface area contributed by atoms with Crippen molar-refractivity contribution in [2.75, 3.05) is 13.7 Å². The summed E-state index contributed by atoms with van der Waals surface area (Å²) in [4.78, 5) is 31.2. The zero-order valence-electron chi connectivity index (χ0n) is 13.3. The molecule has 1 aromatic carbocycles. The Morgan fingerprint density at radius 3 is 2.71 bits per heavy atom. The molecular weight excluding hydrogens is 315 g/mol. The fourth-order valence-corrected chi connectivity index (χ4v) is 2.86. The number of hydrogen-bond acceptors (Lipinski definition) is 5. The standard InChI is InChI=1S/C17H17FN2O4/c1-10-14(11-5-7-12(18)8-6-11)19-24-15(10)16(21)20-9-3-4-13(20)17(22)23-2/h3-8,10,13,15H,9H2,1-2H3/t10-,13-,15-/m0/s1. The van der Waals surface area contributed by atoms with Gasteiger partial charge in [0.15, 0.2) is 0 Å². The molecule has 24 heavy (non-hydrogen) atoms. The molecule has 0 saturated carbocycles. The van der Waals surface area contributed by atoms with Crippen LogP contribution in [0.3, 0.4) is 0 Å². The third-order valence-electron chi connectivity index (χ3n) is 4.22. The summed E-state index contributed by atoms with van der Waals surface area (Å²) in [5.74, 6) is -1.49. The highest BCUT2D eigenvalue weighted by atomic mass is 19.1. The van der Waals surface area contributed by atoms with E-state index in [2.05, 4.69) is 5.16 Å². The van der Waals surface area contributed by atoms with E-state index in [0.717, 1.165) is 0 Å². The second-order valence-corrected chi connectivity index (χ2v) is 5.68. The van der Waals surface area contributed by atoms with Crippen molar-refractivity contribution in [3.8, 4) is 0 Å². The van der Waals surface area contributed by atoms with E-state index in [-0.39, 0.29) is 17.6 Å². The van der Waals surface area contributed by atoms with Gasteiger partial charge < -0.3 is 14.5 Å². The van der Waals surface area contributed by atoms with Crippen LogP contribution in [-0.4, -0.2) is 48.3 Å². The van der Waals surface area contributed by atoms with Gasteiger partial charge in [0, 0.05) is 6.54 Å². The predicted molar refractivity (Wildman–Crippen MR) is 83.6 cm³/mol. The fourth-order valence-electron chi connectivity index (χ4n) is 2.86. The number of esters is 1. The van der Waals surface area contributed by atoms with Crippen molar-refractivity contribution in [2.24, 2.45) is 11.1 Å². The number of halogens is 1. The molecule has 1 aromatic rings. The van der Waals surface area contributed by atoms with E-state index in [1.165, 1.54) is 24.1 Å². The molecule has 0 spiro atoms. The van der Waals surface area contributed by atoms with E-state index in [4.69, 9.17) is 9.57 Å². The summed E-state index contributed by atoms with van der Waals surface area (Å²) in [6.45, 7) is 2.13. The fraction of sp³-hybridized carbons (Fsp3) is 0.353. The minimum absolute atomic E-state index is 0.317. The maximum Gasteiger partial charge on any atom is 0.332 e. The molecule has 6 nitrogen and oxygen atoms in total. The van der Waals surface area contributed by atoms with Gasteiger partial charge in [-0.1, -0.05) is 36.4 Å². The van der Waals surface area contributed by atoms with Gasteiger partial charge in [0.05, 0.1) is 18.7 Å². The van der Waals surface area contributed by atoms with Crippen LogP contribution >= 0.6 is 0 Å². The molecule has 1 amide bonds. The van der Waals surface area contributed by atoms with Crippen molar-refractivity contribution >= 4 is 17.6 Å². The van der Waals surface area contributed by atoms with Crippen molar-refractivity contribution in [3.63, 3.8) is 0 Å². The van der Waals surface area contributed by atoms with Crippen LogP contribution in [0.25, 0.3) is 0 Å². The van der Waals surface area contributed by atoms with Crippen molar-refractivity contribution in [1.82, 2.24) is 4.90 Å². The van der Waals surface area contributed by atoms with Crippen molar-refractivity contribution in [1.29, 1.82) is 0 Å².